The van der Waals surface area contributed by atoms with E-state index in [1.807, 2.05) is 17.5 Å². The van der Waals surface area contributed by atoms with Crippen LogP contribution >= 0.6 is 22.9 Å². The highest BCUT2D eigenvalue weighted by atomic mass is 35.5. The third kappa shape index (κ3) is 3.41. The summed E-state index contributed by atoms with van der Waals surface area (Å²) in [4.78, 5) is 15.2. The van der Waals surface area contributed by atoms with Crippen molar-refractivity contribution in [3.05, 3.63) is 74.9 Å². The smallest absolute Gasteiger partial charge is 0.268 e. The topological polar surface area (TPSA) is 66.5 Å². The predicted molar refractivity (Wildman–Crippen MR) is 113 cm³/mol. The van der Waals surface area contributed by atoms with Gasteiger partial charge in [0.05, 0.1) is 15.5 Å². The van der Waals surface area contributed by atoms with Crippen LogP contribution in [0.5, 0.6) is 0 Å². The van der Waals surface area contributed by atoms with Gasteiger partial charge in [0.2, 0.25) is 0 Å². The van der Waals surface area contributed by atoms with Gasteiger partial charge in [-0.2, -0.15) is 0 Å². The Bertz CT molecular complexity index is 1160. The van der Waals surface area contributed by atoms with E-state index in [2.05, 4.69) is 4.72 Å². The first-order valence-electron chi connectivity index (χ1n) is 8.63. The van der Waals surface area contributed by atoms with E-state index in [0.29, 0.717) is 27.7 Å². The van der Waals surface area contributed by atoms with Crippen molar-refractivity contribution in [1.82, 2.24) is 0 Å². The molecule has 2 aromatic carbocycles. The highest BCUT2D eigenvalue weighted by Crippen LogP contribution is 2.33. The van der Waals surface area contributed by atoms with Crippen LogP contribution in [-0.2, 0) is 16.4 Å². The number of benzene rings is 2. The van der Waals surface area contributed by atoms with Crippen LogP contribution in [0.25, 0.3) is 0 Å². The molecule has 28 heavy (non-hydrogen) atoms. The van der Waals surface area contributed by atoms with E-state index in [0.717, 1.165) is 17.7 Å². The third-order valence-electron chi connectivity index (χ3n) is 4.72. The first-order valence-corrected chi connectivity index (χ1v) is 11.4. The van der Waals surface area contributed by atoms with Gasteiger partial charge in [0.15, 0.2) is 0 Å². The van der Waals surface area contributed by atoms with Gasteiger partial charge in [-0.25, -0.2) is 8.42 Å². The maximum Gasteiger partial charge on any atom is 0.268 e. The zero-order chi connectivity index (χ0) is 19.9. The molecule has 0 fully saturated rings. The van der Waals surface area contributed by atoms with E-state index < -0.39 is 10.0 Å². The van der Waals surface area contributed by atoms with E-state index in [-0.39, 0.29) is 10.8 Å². The Labute approximate surface area is 172 Å². The number of halogens is 1. The lowest BCUT2D eigenvalue weighted by Crippen LogP contribution is -2.28. The quantitative estimate of drug-likeness (QED) is 0.649. The highest BCUT2D eigenvalue weighted by molar-refractivity contribution is 7.92. The molecule has 0 bridgehead atoms. The average Bonchev–Trinajstić information content (AvgIpc) is 3.32. The van der Waals surface area contributed by atoms with Gasteiger partial charge in [-0.05, 0) is 60.2 Å². The second kappa shape index (κ2) is 7.24. The minimum absolute atomic E-state index is 0.0700. The number of rotatable bonds is 4. The molecule has 1 aromatic heterocycles. The molecule has 144 valence electrons. The van der Waals surface area contributed by atoms with Gasteiger partial charge in [-0.15, -0.1) is 11.3 Å². The van der Waals surface area contributed by atoms with Crippen molar-refractivity contribution >= 4 is 50.2 Å². The summed E-state index contributed by atoms with van der Waals surface area (Å²) in [6.45, 7) is 2.25. The molecule has 3 aromatic rings. The standard InChI is InChI=1S/C20H17ClN2O3S2/c1-13-16(21)4-2-6-19(13)28(25,26)22-15-8-7-14-9-10-23(17(14)12-15)20(24)18-5-3-11-27-18/h2-8,11-12,22H,9-10H2,1H3. The lowest BCUT2D eigenvalue weighted by Gasteiger charge is -2.18. The predicted octanol–water partition coefficient (Wildman–Crippen LogP) is 4.71. The number of fused-ring (bicyclic) bond motifs is 1. The second-order valence-corrected chi connectivity index (χ2v) is 9.50. The minimum Gasteiger partial charge on any atom is -0.307 e. The SMILES string of the molecule is Cc1c(Cl)cccc1S(=O)(=O)Nc1ccc2c(c1)N(C(=O)c1cccs1)CC2. The van der Waals surface area contributed by atoms with Crippen LogP contribution in [0.4, 0.5) is 11.4 Å². The fourth-order valence-electron chi connectivity index (χ4n) is 3.28. The fraction of sp³-hybridized carbons (Fsp3) is 0.150. The Hall–Kier alpha value is -2.35. The molecule has 1 aliphatic heterocycles. The van der Waals surface area contributed by atoms with Crippen LogP contribution in [0.15, 0.2) is 58.8 Å². The number of carbonyl (C=O) groups is 1. The molecule has 0 saturated carbocycles. The summed E-state index contributed by atoms with van der Waals surface area (Å²) in [7, 11) is -3.80. The Morgan fingerprint density at radius 1 is 1.18 bits per heavy atom. The lowest BCUT2D eigenvalue weighted by atomic mass is 10.1. The summed E-state index contributed by atoms with van der Waals surface area (Å²) < 4.78 is 28.3. The normalized spacial score (nSPS) is 13.4. The zero-order valence-electron chi connectivity index (χ0n) is 15.0. The van der Waals surface area contributed by atoms with Crippen molar-refractivity contribution in [2.24, 2.45) is 0 Å². The van der Waals surface area contributed by atoms with Crippen LogP contribution in [0.3, 0.4) is 0 Å². The molecular formula is C20H17ClN2O3S2. The summed E-state index contributed by atoms with van der Waals surface area (Å²) in [6, 6.07) is 13.7. The number of hydrogen-bond acceptors (Lipinski definition) is 4. The highest BCUT2D eigenvalue weighted by Gasteiger charge is 2.27. The molecule has 0 spiro atoms. The maximum atomic E-state index is 12.8. The van der Waals surface area contributed by atoms with Crippen LogP contribution in [-0.4, -0.2) is 20.9 Å². The molecule has 8 heteroatoms. The number of anilines is 2. The number of hydrogen-bond donors (Lipinski definition) is 1. The maximum absolute atomic E-state index is 12.8. The molecule has 0 atom stereocenters. The van der Waals surface area contributed by atoms with E-state index in [1.165, 1.54) is 17.4 Å². The minimum atomic E-state index is -3.80. The molecule has 0 unspecified atom stereocenters. The second-order valence-electron chi connectivity index (χ2n) is 6.50. The van der Waals surface area contributed by atoms with Crippen molar-refractivity contribution in [1.29, 1.82) is 0 Å². The number of thiophene rings is 1. The van der Waals surface area contributed by atoms with Gasteiger partial charge in [-0.3, -0.25) is 9.52 Å². The van der Waals surface area contributed by atoms with Crippen molar-refractivity contribution in [2.75, 3.05) is 16.2 Å². The summed E-state index contributed by atoms with van der Waals surface area (Å²) in [6.07, 6.45) is 0.743. The largest absolute Gasteiger partial charge is 0.307 e. The summed E-state index contributed by atoms with van der Waals surface area (Å²) in [5, 5.41) is 2.26. The molecule has 0 radical (unpaired) electrons. The molecule has 0 aliphatic carbocycles. The van der Waals surface area contributed by atoms with Gasteiger partial charge in [0.25, 0.3) is 15.9 Å². The average molecular weight is 433 g/mol. The Morgan fingerprint density at radius 2 is 2.00 bits per heavy atom. The summed E-state index contributed by atoms with van der Waals surface area (Å²) >= 11 is 7.46. The van der Waals surface area contributed by atoms with Crippen LogP contribution in [0.1, 0.15) is 20.8 Å². The number of carbonyl (C=O) groups excluding carboxylic acids is 1. The molecule has 4 rings (SSSR count). The van der Waals surface area contributed by atoms with E-state index in [4.69, 9.17) is 11.6 Å². The van der Waals surface area contributed by atoms with Gasteiger partial charge >= 0.3 is 0 Å². The first-order chi connectivity index (χ1) is 13.4. The van der Waals surface area contributed by atoms with Crippen molar-refractivity contribution in [3.8, 4) is 0 Å². The number of nitrogens with one attached hydrogen (secondary N) is 1. The van der Waals surface area contributed by atoms with Crippen LogP contribution in [0, 0.1) is 6.92 Å². The van der Waals surface area contributed by atoms with E-state index in [1.54, 1.807) is 42.2 Å². The Morgan fingerprint density at radius 3 is 2.75 bits per heavy atom. The molecule has 2 heterocycles. The van der Waals surface area contributed by atoms with Crippen molar-refractivity contribution in [3.63, 3.8) is 0 Å². The molecule has 5 nitrogen and oxygen atoms in total. The first kappa shape index (κ1) is 19.0. The van der Waals surface area contributed by atoms with E-state index in [9.17, 15) is 13.2 Å². The molecule has 1 N–H and O–H groups in total. The third-order valence-corrected chi connectivity index (χ3v) is 7.51. The molecular weight excluding hydrogens is 416 g/mol. The van der Waals surface area contributed by atoms with Gasteiger partial charge < -0.3 is 4.90 Å². The van der Waals surface area contributed by atoms with Crippen molar-refractivity contribution in [2.45, 2.75) is 18.2 Å². The lowest BCUT2D eigenvalue weighted by molar-refractivity contribution is 0.0993. The molecule has 1 aliphatic rings. The summed E-state index contributed by atoms with van der Waals surface area (Å²) in [5.74, 6) is -0.0700. The van der Waals surface area contributed by atoms with Gasteiger partial charge in [0.1, 0.15) is 0 Å². The zero-order valence-corrected chi connectivity index (χ0v) is 17.4. The van der Waals surface area contributed by atoms with Crippen LogP contribution < -0.4 is 9.62 Å². The Balaban J connectivity index is 1.65. The Kier molecular flexibility index (Phi) is 4.91. The number of amides is 1. The number of sulfonamides is 1. The molecule has 0 saturated heterocycles. The summed E-state index contributed by atoms with van der Waals surface area (Å²) in [5.41, 5.74) is 2.66. The van der Waals surface area contributed by atoms with Gasteiger partial charge in [-0.1, -0.05) is 29.8 Å². The van der Waals surface area contributed by atoms with Crippen molar-refractivity contribution < 1.29 is 13.2 Å². The molecule has 1 amide bonds. The van der Waals surface area contributed by atoms with Crippen LogP contribution in [0.2, 0.25) is 5.02 Å². The monoisotopic (exact) mass is 432 g/mol. The van der Waals surface area contributed by atoms with Gasteiger partial charge in [0, 0.05) is 17.3 Å². The fourth-order valence-corrected chi connectivity index (χ4v) is 5.50. The number of nitrogens with zero attached hydrogens (tertiary/aromatic N) is 1. The van der Waals surface area contributed by atoms with E-state index >= 15 is 0 Å².